The Kier molecular flexibility index (Phi) is 5.28. The molecule has 0 aliphatic carbocycles. The van der Waals surface area contributed by atoms with E-state index in [2.05, 4.69) is 0 Å². The Morgan fingerprint density at radius 3 is 2.30 bits per heavy atom. The summed E-state index contributed by atoms with van der Waals surface area (Å²) in [5, 5.41) is 9.70. The van der Waals surface area contributed by atoms with E-state index >= 15 is 4.39 Å². The third-order valence-corrected chi connectivity index (χ3v) is 5.68. The molecule has 0 bridgehead atoms. The molecule has 4 rings (SSSR count). The van der Waals surface area contributed by atoms with Gasteiger partial charge < -0.3 is 14.6 Å². The number of hydrogen-bond acceptors (Lipinski definition) is 3. The van der Waals surface area contributed by atoms with Crippen LogP contribution in [0.25, 0.3) is 16.6 Å². The Morgan fingerprint density at radius 2 is 1.70 bits per heavy atom. The van der Waals surface area contributed by atoms with E-state index in [0.29, 0.717) is 11.4 Å². The van der Waals surface area contributed by atoms with Crippen molar-refractivity contribution in [3.63, 3.8) is 0 Å². The van der Waals surface area contributed by atoms with Gasteiger partial charge in [0.1, 0.15) is 11.4 Å². The fourth-order valence-corrected chi connectivity index (χ4v) is 4.28. The number of carbonyl (C=O) groups is 1. The zero-order valence-corrected chi connectivity index (χ0v) is 16.6. The van der Waals surface area contributed by atoms with Crippen LogP contribution in [0.4, 0.5) is 14.5 Å². The standard InChI is InChI=1S/C23H22F2N2O3/c1-2-17-19(23(29)30)22(28)16-10-11-18(26-12-4-3-5-13-26)20(25)21(16)27(17)15-8-6-14(24)7-9-15/h6-11H,2-5,12-13H2,1H3,(H,29,30). The maximum absolute atomic E-state index is 15.9. The van der Waals surface area contributed by atoms with Crippen LogP contribution in [0.1, 0.15) is 42.2 Å². The maximum atomic E-state index is 15.9. The second kappa shape index (κ2) is 7.89. The summed E-state index contributed by atoms with van der Waals surface area (Å²) in [6.07, 6.45) is 3.20. The highest BCUT2D eigenvalue weighted by molar-refractivity contribution is 5.96. The first-order valence-corrected chi connectivity index (χ1v) is 10.1. The normalized spacial score (nSPS) is 14.3. The molecule has 5 nitrogen and oxygen atoms in total. The molecule has 1 saturated heterocycles. The van der Waals surface area contributed by atoms with Gasteiger partial charge in [0, 0.05) is 24.5 Å². The molecule has 2 aromatic carbocycles. The van der Waals surface area contributed by atoms with Crippen LogP contribution in [0.5, 0.6) is 0 Å². The lowest BCUT2D eigenvalue weighted by molar-refractivity contribution is 0.0693. The number of halogens is 2. The predicted molar refractivity (Wildman–Crippen MR) is 112 cm³/mol. The molecule has 2 heterocycles. The number of carboxylic acid groups (broad SMARTS) is 1. The van der Waals surface area contributed by atoms with Gasteiger partial charge in [0.15, 0.2) is 5.82 Å². The number of aromatic nitrogens is 1. The highest BCUT2D eigenvalue weighted by atomic mass is 19.1. The second-order valence-electron chi connectivity index (χ2n) is 7.46. The number of piperidine rings is 1. The number of pyridine rings is 1. The first kappa shape index (κ1) is 20.1. The molecule has 1 aromatic heterocycles. The SMILES string of the molecule is CCc1c(C(=O)O)c(=O)c2ccc(N3CCCCC3)c(F)c2n1-c1ccc(F)cc1. The summed E-state index contributed by atoms with van der Waals surface area (Å²) in [5.74, 6) is -2.40. The van der Waals surface area contributed by atoms with E-state index < -0.39 is 23.0 Å². The molecule has 1 N–H and O–H groups in total. The van der Waals surface area contributed by atoms with Crippen molar-refractivity contribution in [2.45, 2.75) is 32.6 Å². The molecule has 1 aliphatic heterocycles. The minimum atomic E-state index is -1.37. The van der Waals surface area contributed by atoms with Gasteiger partial charge in [0.25, 0.3) is 0 Å². The minimum absolute atomic E-state index is 0.00724. The van der Waals surface area contributed by atoms with Crippen LogP contribution in [0, 0.1) is 11.6 Å². The van der Waals surface area contributed by atoms with Gasteiger partial charge in [-0.25, -0.2) is 13.6 Å². The summed E-state index contributed by atoms with van der Waals surface area (Å²) in [6.45, 7) is 3.15. The smallest absolute Gasteiger partial charge is 0.341 e. The summed E-state index contributed by atoms with van der Waals surface area (Å²) in [5.41, 5.74) is -0.105. The molecular formula is C23H22F2N2O3. The zero-order chi connectivity index (χ0) is 21.4. The molecule has 3 aromatic rings. The lowest BCUT2D eigenvalue weighted by Gasteiger charge is -2.30. The van der Waals surface area contributed by atoms with E-state index in [1.54, 1.807) is 13.0 Å². The van der Waals surface area contributed by atoms with Gasteiger partial charge in [0.2, 0.25) is 5.43 Å². The fourth-order valence-electron chi connectivity index (χ4n) is 4.28. The number of rotatable bonds is 4. The number of anilines is 1. The number of aromatic carboxylic acids is 1. The van der Waals surface area contributed by atoms with Crippen LogP contribution in [0.15, 0.2) is 41.2 Å². The lowest BCUT2D eigenvalue weighted by Crippen LogP contribution is -2.31. The Morgan fingerprint density at radius 1 is 1.03 bits per heavy atom. The summed E-state index contributed by atoms with van der Waals surface area (Å²) >= 11 is 0. The van der Waals surface area contributed by atoms with Crippen molar-refractivity contribution in [1.82, 2.24) is 4.57 Å². The number of hydrogen-bond donors (Lipinski definition) is 1. The molecule has 1 fully saturated rings. The van der Waals surface area contributed by atoms with Crippen LogP contribution in [-0.4, -0.2) is 28.7 Å². The molecule has 7 heteroatoms. The minimum Gasteiger partial charge on any atom is -0.477 e. The third-order valence-electron chi connectivity index (χ3n) is 5.68. The maximum Gasteiger partial charge on any atom is 0.341 e. The second-order valence-corrected chi connectivity index (χ2v) is 7.46. The molecule has 0 radical (unpaired) electrons. The Balaban J connectivity index is 2.12. The summed E-state index contributed by atoms with van der Waals surface area (Å²) < 4.78 is 30.9. The highest BCUT2D eigenvalue weighted by Gasteiger charge is 2.26. The lowest BCUT2D eigenvalue weighted by atomic mass is 10.0. The fraction of sp³-hybridized carbons (Fsp3) is 0.304. The van der Waals surface area contributed by atoms with Gasteiger partial charge in [0.05, 0.1) is 16.6 Å². The average molecular weight is 412 g/mol. The Bertz CT molecular complexity index is 1180. The monoisotopic (exact) mass is 412 g/mol. The van der Waals surface area contributed by atoms with Gasteiger partial charge in [-0.1, -0.05) is 6.92 Å². The highest BCUT2D eigenvalue weighted by Crippen LogP contribution is 2.32. The molecule has 0 amide bonds. The number of benzene rings is 2. The van der Waals surface area contributed by atoms with E-state index in [-0.39, 0.29) is 28.6 Å². The van der Waals surface area contributed by atoms with Crippen molar-refractivity contribution < 1.29 is 18.7 Å². The van der Waals surface area contributed by atoms with Crippen LogP contribution in [0.3, 0.4) is 0 Å². The molecule has 0 saturated carbocycles. The van der Waals surface area contributed by atoms with E-state index in [1.807, 2.05) is 4.90 Å². The van der Waals surface area contributed by atoms with Crippen molar-refractivity contribution in [2.24, 2.45) is 0 Å². The zero-order valence-electron chi connectivity index (χ0n) is 16.6. The van der Waals surface area contributed by atoms with E-state index in [1.165, 1.54) is 34.9 Å². The molecule has 30 heavy (non-hydrogen) atoms. The summed E-state index contributed by atoms with van der Waals surface area (Å²) in [6, 6.07) is 8.42. The average Bonchev–Trinajstić information content (AvgIpc) is 2.75. The van der Waals surface area contributed by atoms with Crippen molar-refractivity contribution in [1.29, 1.82) is 0 Å². The first-order valence-electron chi connectivity index (χ1n) is 10.1. The number of nitrogens with zero attached hydrogens (tertiary/aromatic N) is 2. The van der Waals surface area contributed by atoms with Gasteiger partial charge in [-0.3, -0.25) is 4.79 Å². The van der Waals surface area contributed by atoms with Gasteiger partial charge >= 0.3 is 5.97 Å². The molecule has 0 atom stereocenters. The van der Waals surface area contributed by atoms with Crippen LogP contribution >= 0.6 is 0 Å². The summed E-state index contributed by atoms with van der Waals surface area (Å²) in [7, 11) is 0. The van der Waals surface area contributed by atoms with Gasteiger partial charge in [-0.05, 0) is 62.1 Å². The molecule has 156 valence electrons. The van der Waals surface area contributed by atoms with Crippen molar-refractivity contribution >= 4 is 22.6 Å². The quantitative estimate of drug-likeness (QED) is 0.684. The topological polar surface area (TPSA) is 62.5 Å². The van der Waals surface area contributed by atoms with Crippen LogP contribution in [-0.2, 0) is 6.42 Å². The molecule has 0 unspecified atom stereocenters. The van der Waals surface area contributed by atoms with Crippen molar-refractivity contribution in [2.75, 3.05) is 18.0 Å². The number of carboxylic acids is 1. The molecule has 1 aliphatic rings. The van der Waals surface area contributed by atoms with Crippen LogP contribution < -0.4 is 10.3 Å². The van der Waals surface area contributed by atoms with Gasteiger partial charge in [-0.15, -0.1) is 0 Å². The number of fused-ring (bicyclic) bond motifs is 1. The van der Waals surface area contributed by atoms with Crippen LogP contribution in [0.2, 0.25) is 0 Å². The van der Waals surface area contributed by atoms with E-state index in [4.69, 9.17) is 0 Å². The Labute approximate surface area is 172 Å². The van der Waals surface area contributed by atoms with Crippen molar-refractivity contribution in [3.05, 3.63) is 69.5 Å². The van der Waals surface area contributed by atoms with E-state index in [0.717, 1.165) is 32.4 Å². The van der Waals surface area contributed by atoms with Crippen molar-refractivity contribution in [3.8, 4) is 5.69 Å². The Hall–Kier alpha value is -3.22. The van der Waals surface area contributed by atoms with E-state index in [9.17, 15) is 19.1 Å². The third kappa shape index (κ3) is 3.24. The predicted octanol–water partition coefficient (Wildman–Crippen LogP) is 4.52. The summed E-state index contributed by atoms with van der Waals surface area (Å²) in [4.78, 5) is 26.9. The molecular weight excluding hydrogens is 390 g/mol. The largest absolute Gasteiger partial charge is 0.477 e. The first-order chi connectivity index (χ1) is 14.4. The van der Waals surface area contributed by atoms with Gasteiger partial charge in [-0.2, -0.15) is 0 Å². The molecule has 0 spiro atoms.